The van der Waals surface area contributed by atoms with Crippen LogP contribution >= 0.6 is 0 Å². The molecule has 2 rings (SSSR count). The van der Waals surface area contributed by atoms with Crippen LogP contribution in [0.2, 0.25) is 0 Å². The maximum Gasteiger partial charge on any atom is 0.305 e. The summed E-state index contributed by atoms with van der Waals surface area (Å²) in [5, 5.41) is 22.9. The van der Waals surface area contributed by atoms with Crippen molar-refractivity contribution < 1.29 is 4.92 Å². The monoisotopic (exact) mass is 296 g/mol. The number of nitriles is 1. The zero-order valence-corrected chi connectivity index (χ0v) is 12.2. The Bertz CT molecular complexity index is 695. The third-order valence-corrected chi connectivity index (χ3v) is 3.28. The fourth-order valence-electron chi connectivity index (χ4n) is 2.11. The van der Waals surface area contributed by atoms with Gasteiger partial charge in [0, 0.05) is 12.1 Å². The van der Waals surface area contributed by atoms with E-state index in [1.165, 1.54) is 17.7 Å². The van der Waals surface area contributed by atoms with Gasteiger partial charge in [0.1, 0.15) is 11.9 Å². The quantitative estimate of drug-likeness (QED) is 0.652. The smallest absolute Gasteiger partial charge is 0.305 e. The minimum atomic E-state index is -0.603. The first-order valence-corrected chi connectivity index (χ1v) is 6.96. The minimum absolute atomic E-state index is 0.140. The number of rotatable bonds is 6. The molecular formula is C16H16N4O2. The maximum atomic E-state index is 10.8. The number of pyridine rings is 1. The fraction of sp³-hybridized carbons (Fsp3) is 0.250. The molecule has 6 nitrogen and oxygen atoms in total. The lowest BCUT2D eigenvalue weighted by atomic mass is 10.1. The Hall–Kier alpha value is -2.94. The molecule has 22 heavy (non-hydrogen) atoms. The van der Waals surface area contributed by atoms with Gasteiger partial charge in [0.25, 0.3) is 0 Å². The van der Waals surface area contributed by atoms with Gasteiger partial charge in [-0.25, -0.2) is 4.98 Å². The Morgan fingerprint density at radius 2 is 2.05 bits per heavy atom. The second kappa shape index (κ2) is 7.18. The van der Waals surface area contributed by atoms with Crippen molar-refractivity contribution in [3.63, 3.8) is 0 Å². The summed E-state index contributed by atoms with van der Waals surface area (Å²) in [6.45, 7) is 2.01. The van der Waals surface area contributed by atoms with Crippen LogP contribution in [0.15, 0.2) is 42.5 Å². The maximum absolute atomic E-state index is 10.8. The second-order valence-electron chi connectivity index (χ2n) is 5.00. The van der Waals surface area contributed by atoms with Crippen LogP contribution in [0.5, 0.6) is 0 Å². The molecule has 112 valence electrons. The van der Waals surface area contributed by atoms with E-state index in [1.54, 1.807) is 6.07 Å². The van der Waals surface area contributed by atoms with E-state index >= 15 is 0 Å². The van der Waals surface area contributed by atoms with Gasteiger partial charge in [-0.3, -0.25) is 10.1 Å². The number of hydrogen-bond acceptors (Lipinski definition) is 5. The molecule has 0 saturated heterocycles. The molecule has 6 heteroatoms. The van der Waals surface area contributed by atoms with Crippen LogP contribution < -0.4 is 5.32 Å². The predicted octanol–water partition coefficient (Wildman–Crippen LogP) is 3.29. The molecule has 0 spiro atoms. The topological polar surface area (TPSA) is 91.9 Å². The summed E-state index contributed by atoms with van der Waals surface area (Å²) in [5.74, 6) is 0.475. The van der Waals surface area contributed by atoms with Crippen LogP contribution in [-0.4, -0.2) is 15.9 Å². The molecule has 0 aliphatic rings. The highest BCUT2D eigenvalue weighted by Crippen LogP contribution is 2.19. The van der Waals surface area contributed by atoms with E-state index in [2.05, 4.69) is 22.4 Å². The fourth-order valence-corrected chi connectivity index (χ4v) is 2.11. The first-order chi connectivity index (χ1) is 10.6. The molecule has 1 unspecified atom stereocenters. The molecule has 1 heterocycles. The number of aryl methyl sites for hydroxylation is 1. The van der Waals surface area contributed by atoms with Crippen LogP contribution in [0, 0.1) is 21.4 Å². The van der Waals surface area contributed by atoms with Gasteiger partial charge in [-0.2, -0.15) is 5.26 Å². The van der Waals surface area contributed by atoms with Crippen LogP contribution in [0.1, 0.15) is 24.6 Å². The SMILES string of the molecule is CC(CCc1ccccc1)Nc1ccc([N+](=O)[O-])c(C#N)n1. The lowest BCUT2D eigenvalue weighted by Crippen LogP contribution is -2.17. The molecule has 0 radical (unpaired) electrons. The third kappa shape index (κ3) is 4.03. The van der Waals surface area contributed by atoms with E-state index < -0.39 is 4.92 Å². The molecule has 1 atom stereocenters. The van der Waals surface area contributed by atoms with Crippen molar-refractivity contribution in [3.05, 3.63) is 63.8 Å². The van der Waals surface area contributed by atoms with Crippen molar-refractivity contribution in [2.75, 3.05) is 5.32 Å². The third-order valence-electron chi connectivity index (χ3n) is 3.28. The number of nitrogens with zero attached hydrogens (tertiary/aromatic N) is 3. The molecule has 1 N–H and O–H groups in total. The highest BCUT2D eigenvalue weighted by molar-refractivity contribution is 5.50. The Kier molecular flexibility index (Phi) is 5.04. The number of nitro groups is 1. The van der Waals surface area contributed by atoms with E-state index in [4.69, 9.17) is 5.26 Å². The highest BCUT2D eigenvalue weighted by Gasteiger charge is 2.16. The van der Waals surface area contributed by atoms with Crippen molar-refractivity contribution >= 4 is 11.5 Å². The zero-order chi connectivity index (χ0) is 15.9. The largest absolute Gasteiger partial charge is 0.368 e. The predicted molar refractivity (Wildman–Crippen MR) is 83.5 cm³/mol. The summed E-state index contributed by atoms with van der Waals surface area (Å²) >= 11 is 0. The van der Waals surface area contributed by atoms with Gasteiger partial charge in [-0.05, 0) is 31.4 Å². The summed E-state index contributed by atoms with van der Waals surface area (Å²) < 4.78 is 0. The molecule has 0 amide bonds. The molecule has 0 saturated carbocycles. The lowest BCUT2D eigenvalue weighted by molar-refractivity contribution is -0.385. The molecule has 2 aromatic rings. The normalized spacial score (nSPS) is 11.5. The van der Waals surface area contributed by atoms with Gasteiger partial charge < -0.3 is 5.32 Å². The van der Waals surface area contributed by atoms with E-state index in [0.29, 0.717) is 5.82 Å². The minimum Gasteiger partial charge on any atom is -0.368 e. The summed E-state index contributed by atoms with van der Waals surface area (Å²) in [5.41, 5.74) is 0.806. The Morgan fingerprint density at radius 3 is 2.68 bits per heavy atom. The van der Waals surface area contributed by atoms with Crippen LogP contribution in [0.4, 0.5) is 11.5 Å². The van der Waals surface area contributed by atoms with Gasteiger partial charge in [0.2, 0.25) is 5.69 Å². The summed E-state index contributed by atoms with van der Waals surface area (Å²) in [6.07, 6.45) is 1.82. The number of anilines is 1. The van der Waals surface area contributed by atoms with Gasteiger partial charge in [-0.1, -0.05) is 30.3 Å². The lowest BCUT2D eigenvalue weighted by Gasteiger charge is -2.14. The number of benzene rings is 1. The van der Waals surface area contributed by atoms with Gasteiger partial charge in [0.15, 0.2) is 0 Å². The standard InChI is InChI=1S/C16H16N4O2/c1-12(7-8-13-5-3-2-4-6-13)18-16-10-9-15(20(21)22)14(11-17)19-16/h2-6,9-10,12H,7-8H2,1H3,(H,18,19). The second-order valence-corrected chi connectivity index (χ2v) is 5.00. The zero-order valence-electron chi connectivity index (χ0n) is 12.2. The van der Waals surface area contributed by atoms with E-state index in [1.807, 2.05) is 25.1 Å². The Morgan fingerprint density at radius 1 is 1.32 bits per heavy atom. The van der Waals surface area contributed by atoms with Gasteiger partial charge in [0.05, 0.1) is 4.92 Å². The molecule has 0 fully saturated rings. The van der Waals surface area contributed by atoms with Crippen molar-refractivity contribution in [1.82, 2.24) is 4.98 Å². The van der Waals surface area contributed by atoms with Crippen molar-refractivity contribution in [2.24, 2.45) is 0 Å². The molecular weight excluding hydrogens is 280 g/mol. The van der Waals surface area contributed by atoms with Crippen molar-refractivity contribution in [1.29, 1.82) is 5.26 Å². The van der Waals surface area contributed by atoms with E-state index in [0.717, 1.165) is 12.8 Å². The van der Waals surface area contributed by atoms with Crippen LogP contribution in [-0.2, 0) is 6.42 Å². The molecule has 0 aliphatic heterocycles. The molecule has 0 bridgehead atoms. The first kappa shape index (κ1) is 15.4. The number of hydrogen-bond donors (Lipinski definition) is 1. The molecule has 1 aromatic carbocycles. The number of nitrogens with one attached hydrogen (secondary N) is 1. The van der Waals surface area contributed by atoms with Crippen LogP contribution in [0.25, 0.3) is 0 Å². The van der Waals surface area contributed by atoms with Crippen molar-refractivity contribution in [2.45, 2.75) is 25.8 Å². The summed E-state index contributed by atoms with van der Waals surface area (Å²) in [7, 11) is 0. The van der Waals surface area contributed by atoms with Gasteiger partial charge in [-0.15, -0.1) is 0 Å². The summed E-state index contributed by atoms with van der Waals surface area (Å²) in [6, 6.07) is 14.9. The summed E-state index contributed by atoms with van der Waals surface area (Å²) in [4.78, 5) is 14.2. The molecule has 0 aliphatic carbocycles. The average molecular weight is 296 g/mol. The number of aromatic nitrogens is 1. The van der Waals surface area contributed by atoms with E-state index in [9.17, 15) is 10.1 Å². The van der Waals surface area contributed by atoms with Crippen molar-refractivity contribution in [3.8, 4) is 6.07 Å². The first-order valence-electron chi connectivity index (χ1n) is 6.96. The van der Waals surface area contributed by atoms with E-state index in [-0.39, 0.29) is 17.4 Å². The Labute approximate surface area is 128 Å². The average Bonchev–Trinajstić information content (AvgIpc) is 2.53. The Balaban J connectivity index is 1.98. The van der Waals surface area contributed by atoms with Gasteiger partial charge >= 0.3 is 5.69 Å². The molecule has 1 aromatic heterocycles. The highest BCUT2D eigenvalue weighted by atomic mass is 16.6. The van der Waals surface area contributed by atoms with Crippen LogP contribution in [0.3, 0.4) is 0 Å².